The van der Waals surface area contributed by atoms with E-state index in [0.29, 0.717) is 24.5 Å². The fourth-order valence-corrected chi connectivity index (χ4v) is 3.10. The number of hydrogen-bond acceptors (Lipinski definition) is 4. The van der Waals surface area contributed by atoms with Gasteiger partial charge in [-0.05, 0) is 49.2 Å². The molecule has 0 radical (unpaired) electrons. The summed E-state index contributed by atoms with van der Waals surface area (Å²) >= 11 is 0. The highest BCUT2D eigenvalue weighted by molar-refractivity contribution is 5.98. The number of phenols is 1. The van der Waals surface area contributed by atoms with Crippen LogP contribution in [0.15, 0.2) is 48.7 Å². The van der Waals surface area contributed by atoms with E-state index in [1.165, 1.54) is 0 Å². The van der Waals surface area contributed by atoms with E-state index >= 15 is 0 Å². The van der Waals surface area contributed by atoms with Crippen molar-refractivity contribution in [3.8, 4) is 5.75 Å². The quantitative estimate of drug-likeness (QED) is 0.625. The molecule has 3 N–H and O–H groups in total. The molecule has 0 aliphatic heterocycles. The molecule has 1 aliphatic carbocycles. The number of pyridine rings is 1. The van der Waals surface area contributed by atoms with Gasteiger partial charge < -0.3 is 20.3 Å². The lowest BCUT2D eigenvalue weighted by atomic mass is 10.2. The number of phenolic OH excluding ortho intramolecular Hbond substituents is 1. The lowest BCUT2D eigenvalue weighted by Gasteiger charge is -2.22. The summed E-state index contributed by atoms with van der Waals surface area (Å²) in [5.41, 5.74) is 1.64. The lowest BCUT2D eigenvalue weighted by Crippen LogP contribution is -2.40. The molecule has 0 spiro atoms. The summed E-state index contributed by atoms with van der Waals surface area (Å²) in [4.78, 5) is 34.0. The molecule has 7 nitrogen and oxygen atoms in total. The lowest BCUT2D eigenvalue weighted by molar-refractivity contribution is 0.0731. The van der Waals surface area contributed by atoms with E-state index in [0.717, 1.165) is 23.7 Å². The number of amides is 2. The minimum absolute atomic E-state index is 0.0970. The Labute approximate surface area is 156 Å². The third-order valence-corrected chi connectivity index (χ3v) is 4.62. The smallest absolute Gasteiger partial charge is 0.270 e. The van der Waals surface area contributed by atoms with Crippen LogP contribution in [0.2, 0.25) is 0 Å². The number of rotatable bonds is 6. The average Bonchev–Trinajstić information content (AvgIpc) is 3.43. The van der Waals surface area contributed by atoms with Crippen molar-refractivity contribution in [3.05, 3.63) is 60.0 Å². The number of H-pyrrole nitrogens is 1. The Morgan fingerprint density at radius 1 is 1.22 bits per heavy atom. The highest BCUT2D eigenvalue weighted by Gasteiger charge is 2.33. The number of nitrogens with one attached hydrogen (secondary N) is 2. The second kappa shape index (κ2) is 7.11. The molecule has 4 rings (SSSR count). The van der Waals surface area contributed by atoms with Crippen LogP contribution in [0.5, 0.6) is 5.75 Å². The summed E-state index contributed by atoms with van der Waals surface area (Å²) < 4.78 is 0. The van der Waals surface area contributed by atoms with Crippen molar-refractivity contribution in [1.29, 1.82) is 0 Å². The molecule has 3 aromatic rings. The zero-order valence-electron chi connectivity index (χ0n) is 14.7. The molecule has 1 fully saturated rings. The van der Waals surface area contributed by atoms with Gasteiger partial charge in [-0.15, -0.1) is 0 Å². The van der Waals surface area contributed by atoms with E-state index in [4.69, 9.17) is 0 Å². The molecule has 2 aromatic heterocycles. The second-order valence-electron chi connectivity index (χ2n) is 6.66. The van der Waals surface area contributed by atoms with E-state index in [9.17, 15) is 14.7 Å². The number of nitrogens with zero attached hydrogens (tertiary/aromatic N) is 2. The topological polar surface area (TPSA) is 98.3 Å². The van der Waals surface area contributed by atoms with Gasteiger partial charge in [0.2, 0.25) is 0 Å². The molecule has 2 amide bonds. The molecule has 138 valence electrons. The minimum Gasteiger partial charge on any atom is -0.508 e. The van der Waals surface area contributed by atoms with Gasteiger partial charge in [0.1, 0.15) is 17.1 Å². The van der Waals surface area contributed by atoms with Gasteiger partial charge in [0.05, 0.1) is 0 Å². The predicted octanol–water partition coefficient (Wildman–Crippen LogP) is 2.30. The van der Waals surface area contributed by atoms with Crippen molar-refractivity contribution in [2.24, 2.45) is 0 Å². The molecule has 0 saturated heterocycles. The molecule has 0 atom stereocenters. The number of carbonyl (C=O) groups is 2. The van der Waals surface area contributed by atoms with Gasteiger partial charge in [0.25, 0.3) is 11.8 Å². The van der Waals surface area contributed by atoms with Crippen LogP contribution in [0.4, 0.5) is 0 Å². The molecule has 1 aromatic carbocycles. The van der Waals surface area contributed by atoms with Crippen LogP contribution < -0.4 is 5.32 Å². The van der Waals surface area contributed by atoms with E-state index in [1.807, 2.05) is 0 Å². The largest absolute Gasteiger partial charge is 0.508 e. The van der Waals surface area contributed by atoms with Gasteiger partial charge in [0, 0.05) is 36.2 Å². The predicted molar refractivity (Wildman–Crippen MR) is 101 cm³/mol. The summed E-state index contributed by atoms with van der Waals surface area (Å²) in [7, 11) is 0. The van der Waals surface area contributed by atoms with Gasteiger partial charge in [-0.3, -0.25) is 14.6 Å². The Hall–Kier alpha value is -3.35. The normalized spacial score (nSPS) is 13.5. The zero-order chi connectivity index (χ0) is 18.8. The van der Waals surface area contributed by atoms with Crippen LogP contribution in [-0.2, 0) is 0 Å². The summed E-state index contributed by atoms with van der Waals surface area (Å²) in [5.74, 6) is -0.183. The van der Waals surface area contributed by atoms with Crippen molar-refractivity contribution in [2.75, 3.05) is 13.1 Å². The van der Waals surface area contributed by atoms with Crippen LogP contribution in [0, 0.1) is 0 Å². The Balaban J connectivity index is 1.42. The fourth-order valence-electron chi connectivity index (χ4n) is 3.10. The number of aromatic hydroxyl groups is 1. The number of fused-ring (bicyclic) bond motifs is 1. The molecule has 2 heterocycles. The monoisotopic (exact) mass is 364 g/mol. The highest BCUT2D eigenvalue weighted by atomic mass is 16.3. The Morgan fingerprint density at radius 2 is 2.07 bits per heavy atom. The number of aromatic amines is 1. The first-order valence-corrected chi connectivity index (χ1v) is 8.94. The Kier molecular flexibility index (Phi) is 4.50. The Morgan fingerprint density at radius 3 is 2.81 bits per heavy atom. The van der Waals surface area contributed by atoms with Gasteiger partial charge in [0.15, 0.2) is 0 Å². The van der Waals surface area contributed by atoms with E-state index < -0.39 is 0 Å². The molecule has 7 heteroatoms. The maximum atomic E-state index is 12.9. The van der Waals surface area contributed by atoms with Crippen molar-refractivity contribution < 1.29 is 14.7 Å². The summed E-state index contributed by atoms with van der Waals surface area (Å²) in [5, 5.41) is 13.2. The van der Waals surface area contributed by atoms with Crippen molar-refractivity contribution in [3.63, 3.8) is 0 Å². The van der Waals surface area contributed by atoms with Gasteiger partial charge in [-0.1, -0.05) is 6.07 Å². The molecule has 0 bridgehead atoms. The van der Waals surface area contributed by atoms with Crippen LogP contribution in [0.25, 0.3) is 10.9 Å². The maximum absolute atomic E-state index is 12.9. The van der Waals surface area contributed by atoms with Crippen molar-refractivity contribution in [1.82, 2.24) is 20.2 Å². The first-order chi connectivity index (χ1) is 13.1. The minimum atomic E-state index is -0.250. The van der Waals surface area contributed by atoms with Crippen molar-refractivity contribution >= 4 is 22.7 Å². The number of carbonyl (C=O) groups excluding carboxylic acids is 2. The highest BCUT2D eigenvalue weighted by Crippen LogP contribution is 2.29. The van der Waals surface area contributed by atoms with E-state index in [2.05, 4.69) is 15.3 Å². The summed E-state index contributed by atoms with van der Waals surface area (Å²) in [6, 6.07) is 12.1. The third kappa shape index (κ3) is 3.76. The molecule has 1 aliphatic rings. The van der Waals surface area contributed by atoms with Gasteiger partial charge >= 0.3 is 0 Å². The van der Waals surface area contributed by atoms with Crippen LogP contribution in [0.3, 0.4) is 0 Å². The van der Waals surface area contributed by atoms with Gasteiger partial charge in [-0.25, -0.2) is 0 Å². The fraction of sp³-hybridized carbons (Fsp3) is 0.250. The van der Waals surface area contributed by atoms with Crippen molar-refractivity contribution in [2.45, 2.75) is 18.9 Å². The van der Waals surface area contributed by atoms with Gasteiger partial charge in [-0.2, -0.15) is 0 Å². The number of aromatic nitrogens is 2. The molecule has 0 unspecified atom stereocenters. The molecule has 27 heavy (non-hydrogen) atoms. The van der Waals surface area contributed by atoms with E-state index in [1.54, 1.807) is 53.6 Å². The van der Waals surface area contributed by atoms with Crippen LogP contribution in [-0.4, -0.2) is 50.9 Å². The van der Waals surface area contributed by atoms with Crippen LogP contribution in [0.1, 0.15) is 33.8 Å². The SMILES string of the molecule is O=C(NCCN(C(=O)c1cc2cc(O)ccc2[nH]1)C1CC1)c1ccccn1. The third-order valence-electron chi connectivity index (χ3n) is 4.62. The number of hydrogen-bond donors (Lipinski definition) is 3. The Bertz CT molecular complexity index is 979. The van der Waals surface area contributed by atoms with E-state index in [-0.39, 0.29) is 23.6 Å². The summed E-state index contributed by atoms with van der Waals surface area (Å²) in [6.07, 6.45) is 3.52. The average molecular weight is 364 g/mol. The molecule has 1 saturated carbocycles. The molecular formula is C20H20N4O3. The first kappa shape index (κ1) is 17.1. The first-order valence-electron chi connectivity index (χ1n) is 8.94. The summed E-state index contributed by atoms with van der Waals surface area (Å²) in [6.45, 7) is 0.793. The maximum Gasteiger partial charge on any atom is 0.270 e. The standard InChI is InChI=1S/C20H20N4O3/c25-15-6-7-16-13(11-15)12-18(23-16)20(27)24(14-4-5-14)10-9-22-19(26)17-3-1-2-8-21-17/h1-3,6-8,11-12,14,23,25H,4-5,9-10H2,(H,22,26). The zero-order valence-corrected chi connectivity index (χ0v) is 14.7. The number of benzene rings is 1. The van der Waals surface area contributed by atoms with Crippen LogP contribution >= 0.6 is 0 Å². The molecular weight excluding hydrogens is 344 g/mol. The second-order valence-corrected chi connectivity index (χ2v) is 6.66.